The van der Waals surface area contributed by atoms with E-state index in [9.17, 15) is 5.11 Å². The van der Waals surface area contributed by atoms with Crippen LogP contribution >= 0.6 is 22.6 Å². The molecule has 1 fully saturated rings. The normalized spacial score (nSPS) is 39.8. The van der Waals surface area contributed by atoms with Crippen molar-refractivity contribution in [1.82, 2.24) is 0 Å². The third-order valence-electron chi connectivity index (χ3n) is 1.17. The smallest absolute Gasteiger partial charge is 0.138 e. The first-order valence-electron chi connectivity index (χ1n) is 2.70. The highest BCUT2D eigenvalue weighted by Gasteiger charge is 2.25. The number of rotatable bonds is 0. The predicted octanol–water partition coefficient (Wildman–Crippen LogP) is 0.920. The molecule has 1 N–H and O–H groups in total. The van der Waals surface area contributed by atoms with E-state index in [0.717, 1.165) is 19.4 Å². The minimum absolute atomic E-state index is 0.494. The molecule has 0 bridgehead atoms. The lowest BCUT2D eigenvalue weighted by molar-refractivity contribution is -0.0160. The molecule has 1 saturated heterocycles. The molecule has 1 heterocycles. The maximum Gasteiger partial charge on any atom is 0.138 e. The molecule has 0 aliphatic carbocycles. The third-order valence-corrected chi connectivity index (χ3v) is 2.02. The zero-order valence-corrected chi connectivity index (χ0v) is 6.72. The molecule has 0 aromatic carbocycles. The molecule has 48 valence electrons. The highest BCUT2D eigenvalue weighted by atomic mass is 127. The summed E-state index contributed by atoms with van der Waals surface area (Å²) in [5.41, 5.74) is 0. The maximum absolute atomic E-state index is 9.24. The van der Waals surface area contributed by atoms with Gasteiger partial charge in [-0.05, 0) is 35.4 Å². The Hall–Kier alpha value is 0.650. The number of hydrogen-bond acceptors (Lipinski definition) is 2. The second-order valence-corrected chi connectivity index (χ2v) is 4.08. The Kier molecular flexibility index (Phi) is 2.11. The first kappa shape index (κ1) is 6.77. The first-order valence-corrected chi connectivity index (χ1v) is 3.78. The zero-order valence-electron chi connectivity index (χ0n) is 4.56. The van der Waals surface area contributed by atoms with Gasteiger partial charge >= 0.3 is 0 Å². The van der Waals surface area contributed by atoms with E-state index in [1.165, 1.54) is 0 Å². The summed E-state index contributed by atoms with van der Waals surface area (Å²) in [6, 6.07) is 0. The average Bonchev–Trinajstić information content (AvgIpc) is 1.65. The van der Waals surface area contributed by atoms with Gasteiger partial charge < -0.3 is 9.84 Å². The van der Waals surface area contributed by atoms with E-state index < -0.39 is 3.61 Å². The van der Waals surface area contributed by atoms with Gasteiger partial charge in [-0.15, -0.1) is 0 Å². The highest BCUT2D eigenvalue weighted by molar-refractivity contribution is 14.1. The lowest BCUT2D eigenvalue weighted by atomic mass is 10.2. The molecule has 0 aromatic rings. The molecule has 0 amide bonds. The van der Waals surface area contributed by atoms with Crippen LogP contribution in [0.25, 0.3) is 0 Å². The van der Waals surface area contributed by atoms with E-state index in [2.05, 4.69) is 0 Å². The fraction of sp³-hybridized carbons (Fsp3) is 1.00. The summed E-state index contributed by atoms with van der Waals surface area (Å²) in [5.74, 6) is 0. The fourth-order valence-electron chi connectivity index (χ4n) is 0.746. The van der Waals surface area contributed by atoms with Crippen LogP contribution in [0.3, 0.4) is 0 Å². The Morgan fingerprint density at radius 2 is 2.38 bits per heavy atom. The monoisotopic (exact) mass is 228 g/mol. The second-order valence-electron chi connectivity index (χ2n) is 2.07. The van der Waals surface area contributed by atoms with E-state index in [0.29, 0.717) is 6.61 Å². The number of ether oxygens (including phenoxy) is 1. The Bertz CT molecular complexity index is 74.5. The maximum atomic E-state index is 9.24. The molecule has 3 heteroatoms. The van der Waals surface area contributed by atoms with Gasteiger partial charge in [0.15, 0.2) is 0 Å². The molecule has 1 aliphatic rings. The molecular weight excluding hydrogens is 219 g/mol. The van der Waals surface area contributed by atoms with Crippen LogP contribution in [0.15, 0.2) is 0 Å². The Morgan fingerprint density at radius 1 is 1.62 bits per heavy atom. The molecule has 8 heavy (non-hydrogen) atoms. The molecule has 0 aromatic heterocycles. The molecule has 0 spiro atoms. The van der Waals surface area contributed by atoms with Gasteiger partial charge in [-0.1, -0.05) is 0 Å². The number of alkyl halides is 1. The number of aliphatic hydroxyl groups is 1. The summed E-state index contributed by atoms with van der Waals surface area (Å²) in [6.45, 7) is 1.30. The van der Waals surface area contributed by atoms with E-state index in [1.807, 2.05) is 22.6 Å². The Morgan fingerprint density at radius 3 is 2.62 bits per heavy atom. The second kappa shape index (κ2) is 2.49. The quantitative estimate of drug-likeness (QED) is 0.493. The number of hydrogen-bond donors (Lipinski definition) is 1. The van der Waals surface area contributed by atoms with Gasteiger partial charge in [0.1, 0.15) is 3.61 Å². The van der Waals surface area contributed by atoms with E-state index in [4.69, 9.17) is 4.74 Å². The molecular formula is C5H9IO2. The lowest BCUT2D eigenvalue weighted by Crippen LogP contribution is -2.31. The van der Waals surface area contributed by atoms with Crippen molar-refractivity contribution in [3.63, 3.8) is 0 Å². The minimum Gasteiger partial charge on any atom is -0.378 e. The van der Waals surface area contributed by atoms with Crippen molar-refractivity contribution in [2.45, 2.75) is 16.4 Å². The van der Waals surface area contributed by atoms with Crippen molar-refractivity contribution < 1.29 is 9.84 Å². The van der Waals surface area contributed by atoms with E-state index in [-0.39, 0.29) is 0 Å². The van der Waals surface area contributed by atoms with Gasteiger partial charge in [-0.25, -0.2) is 0 Å². The molecule has 1 rings (SSSR count). The van der Waals surface area contributed by atoms with Crippen LogP contribution in [0.5, 0.6) is 0 Å². The molecule has 1 atom stereocenters. The van der Waals surface area contributed by atoms with Crippen LogP contribution in [0.4, 0.5) is 0 Å². The molecule has 1 aliphatic heterocycles. The van der Waals surface area contributed by atoms with Crippen molar-refractivity contribution in [3.05, 3.63) is 0 Å². The van der Waals surface area contributed by atoms with Crippen LogP contribution in [0, 0.1) is 0 Å². The predicted molar refractivity (Wildman–Crippen MR) is 39.0 cm³/mol. The van der Waals surface area contributed by atoms with E-state index in [1.54, 1.807) is 0 Å². The first-order chi connectivity index (χ1) is 3.71. The van der Waals surface area contributed by atoms with Crippen molar-refractivity contribution in [2.24, 2.45) is 0 Å². The largest absolute Gasteiger partial charge is 0.378 e. The van der Waals surface area contributed by atoms with Crippen molar-refractivity contribution >= 4 is 22.6 Å². The summed E-state index contributed by atoms with van der Waals surface area (Å²) in [5, 5.41) is 9.24. The van der Waals surface area contributed by atoms with Gasteiger partial charge in [0, 0.05) is 6.61 Å². The van der Waals surface area contributed by atoms with Gasteiger partial charge in [0.05, 0.1) is 6.61 Å². The summed E-state index contributed by atoms with van der Waals surface area (Å²) in [6.07, 6.45) is 1.85. The van der Waals surface area contributed by atoms with Crippen LogP contribution in [0.1, 0.15) is 12.8 Å². The summed E-state index contributed by atoms with van der Waals surface area (Å²) in [7, 11) is 0. The molecule has 0 radical (unpaired) electrons. The zero-order chi connectivity index (χ0) is 6.04. The minimum atomic E-state index is -0.573. The summed E-state index contributed by atoms with van der Waals surface area (Å²) < 4.78 is 4.45. The number of halogens is 1. The molecule has 2 nitrogen and oxygen atoms in total. The standard InChI is InChI=1S/C5H9IO2/c6-5(7)2-1-3-8-4-5/h7H,1-4H2/t5-/m0/s1. The van der Waals surface area contributed by atoms with Crippen molar-refractivity contribution in [3.8, 4) is 0 Å². The van der Waals surface area contributed by atoms with Crippen molar-refractivity contribution in [2.75, 3.05) is 13.2 Å². The van der Waals surface area contributed by atoms with Crippen LogP contribution in [-0.4, -0.2) is 21.9 Å². The topological polar surface area (TPSA) is 29.5 Å². The Balaban J connectivity index is 2.33. The third kappa shape index (κ3) is 1.87. The van der Waals surface area contributed by atoms with Gasteiger partial charge in [-0.2, -0.15) is 0 Å². The van der Waals surface area contributed by atoms with Crippen LogP contribution in [0.2, 0.25) is 0 Å². The van der Waals surface area contributed by atoms with Gasteiger partial charge in [-0.3, -0.25) is 0 Å². The summed E-state index contributed by atoms with van der Waals surface area (Å²) >= 11 is 2.02. The molecule has 0 unspecified atom stereocenters. The van der Waals surface area contributed by atoms with Crippen LogP contribution < -0.4 is 0 Å². The average molecular weight is 228 g/mol. The highest BCUT2D eigenvalue weighted by Crippen LogP contribution is 2.25. The van der Waals surface area contributed by atoms with E-state index >= 15 is 0 Å². The van der Waals surface area contributed by atoms with Crippen LogP contribution in [-0.2, 0) is 4.74 Å². The Labute approximate surface area is 62.4 Å². The fourth-order valence-corrected chi connectivity index (χ4v) is 1.35. The van der Waals surface area contributed by atoms with Crippen molar-refractivity contribution in [1.29, 1.82) is 0 Å². The molecule has 0 saturated carbocycles. The summed E-state index contributed by atoms with van der Waals surface area (Å²) in [4.78, 5) is 0. The van der Waals surface area contributed by atoms with Gasteiger partial charge in [0.25, 0.3) is 0 Å². The SMILES string of the molecule is O[C@@]1(I)CCCOC1. The van der Waals surface area contributed by atoms with Gasteiger partial charge in [0.2, 0.25) is 0 Å². The lowest BCUT2D eigenvalue weighted by Gasteiger charge is -2.25.